The lowest BCUT2D eigenvalue weighted by Crippen LogP contribution is -2.38. The molecule has 11 heavy (non-hydrogen) atoms. The summed E-state index contributed by atoms with van der Waals surface area (Å²) in [5.74, 6) is 0. The summed E-state index contributed by atoms with van der Waals surface area (Å²) in [7, 11) is 0. The third-order valence-corrected chi connectivity index (χ3v) is 1.37. The van der Waals surface area contributed by atoms with Gasteiger partial charge in [0.2, 0.25) is 0 Å². The number of rotatable bonds is 1. The van der Waals surface area contributed by atoms with Crippen molar-refractivity contribution in [2.24, 2.45) is 0 Å². The minimum atomic E-state index is -4.20. The van der Waals surface area contributed by atoms with Crippen molar-refractivity contribution < 1.29 is 17.9 Å². The zero-order valence-electron chi connectivity index (χ0n) is 5.90. The summed E-state index contributed by atoms with van der Waals surface area (Å²) >= 11 is 0. The second kappa shape index (κ2) is 3.40. The SMILES string of the molecule is FC(F)(F)[CH]N1CCOCC1. The Morgan fingerprint density at radius 1 is 1.18 bits per heavy atom. The Bertz CT molecular complexity index is 119. The van der Waals surface area contributed by atoms with Crippen molar-refractivity contribution in [2.45, 2.75) is 6.18 Å². The van der Waals surface area contributed by atoms with E-state index in [1.54, 1.807) is 0 Å². The third kappa shape index (κ3) is 3.57. The number of hydrogen-bond acceptors (Lipinski definition) is 2. The van der Waals surface area contributed by atoms with E-state index in [1.165, 1.54) is 4.90 Å². The summed E-state index contributed by atoms with van der Waals surface area (Å²) in [6.45, 7) is 1.73. The van der Waals surface area contributed by atoms with Crippen LogP contribution in [0.4, 0.5) is 13.2 Å². The first-order valence-corrected chi connectivity index (χ1v) is 3.32. The number of nitrogens with zero attached hydrogens (tertiary/aromatic N) is 1. The van der Waals surface area contributed by atoms with Gasteiger partial charge in [0.25, 0.3) is 0 Å². The molecule has 0 aliphatic carbocycles. The van der Waals surface area contributed by atoms with Gasteiger partial charge in [-0.25, -0.2) is 0 Å². The molecule has 65 valence electrons. The predicted octanol–water partition coefficient (Wildman–Crippen LogP) is 1.04. The molecule has 0 atom stereocenters. The van der Waals surface area contributed by atoms with Crippen LogP contribution in [0.2, 0.25) is 0 Å². The molecule has 1 radical (unpaired) electrons. The second-order valence-electron chi connectivity index (χ2n) is 2.32. The van der Waals surface area contributed by atoms with Crippen LogP contribution in [-0.2, 0) is 4.74 Å². The van der Waals surface area contributed by atoms with Crippen LogP contribution in [0.3, 0.4) is 0 Å². The van der Waals surface area contributed by atoms with Crippen LogP contribution in [0, 0.1) is 6.54 Å². The lowest BCUT2D eigenvalue weighted by Gasteiger charge is -2.26. The predicted molar refractivity (Wildman–Crippen MR) is 32.7 cm³/mol. The molecule has 1 saturated heterocycles. The molecule has 0 saturated carbocycles. The molecule has 1 heterocycles. The minimum absolute atomic E-state index is 0.301. The Hall–Kier alpha value is -0.290. The maximum Gasteiger partial charge on any atom is 0.405 e. The average molecular weight is 168 g/mol. The van der Waals surface area contributed by atoms with Crippen molar-refractivity contribution in [3.8, 4) is 0 Å². The highest BCUT2D eigenvalue weighted by Gasteiger charge is 2.31. The maximum absolute atomic E-state index is 11.7. The zero-order valence-corrected chi connectivity index (χ0v) is 5.90. The Labute approximate surface area is 62.9 Å². The first-order chi connectivity index (χ1) is 5.08. The van der Waals surface area contributed by atoms with Gasteiger partial charge in [-0.05, 0) is 0 Å². The fourth-order valence-corrected chi connectivity index (χ4v) is 0.914. The van der Waals surface area contributed by atoms with Crippen molar-refractivity contribution in [3.05, 3.63) is 6.54 Å². The molecule has 1 aliphatic heterocycles. The van der Waals surface area contributed by atoms with Gasteiger partial charge >= 0.3 is 6.18 Å². The summed E-state index contributed by atoms with van der Waals surface area (Å²) in [5.41, 5.74) is 0. The van der Waals surface area contributed by atoms with Gasteiger partial charge in [0.15, 0.2) is 0 Å². The zero-order chi connectivity index (χ0) is 8.32. The summed E-state index contributed by atoms with van der Waals surface area (Å²) in [4.78, 5) is 1.23. The molecule has 0 bridgehead atoms. The number of halogens is 3. The van der Waals surface area contributed by atoms with Gasteiger partial charge in [0, 0.05) is 13.1 Å². The normalized spacial score (nSPS) is 22.1. The minimum Gasteiger partial charge on any atom is -0.379 e. The smallest absolute Gasteiger partial charge is 0.379 e. The van der Waals surface area contributed by atoms with Crippen LogP contribution in [-0.4, -0.2) is 37.4 Å². The monoisotopic (exact) mass is 168 g/mol. The second-order valence-corrected chi connectivity index (χ2v) is 2.32. The molecule has 0 aromatic carbocycles. The van der Waals surface area contributed by atoms with Gasteiger partial charge in [-0.2, -0.15) is 13.2 Å². The molecular weight excluding hydrogens is 159 g/mol. The number of morpholine rings is 1. The van der Waals surface area contributed by atoms with Crippen LogP contribution < -0.4 is 0 Å². The first-order valence-electron chi connectivity index (χ1n) is 3.32. The fraction of sp³-hybridized carbons (Fsp3) is 0.833. The summed E-state index contributed by atoms with van der Waals surface area (Å²) < 4.78 is 40.0. The van der Waals surface area contributed by atoms with Gasteiger partial charge in [-0.1, -0.05) is 0 Å². The lowest BCUT2D eigenvalue weighted by molar-refractivity contribution is -0.123. The van der Waals surface area contributed by atoms with Crippen molar-refractivity contribution in [1.29, 1.82) is 0 Å². The topological polar surface area (TPSA) is 12.5 Å². The van der Waals surface area contributed by atoms with Gasteiger partial charge in [-0.3, -0.25) is 4.90 Å². The van der Waals surface area contributed by atoms with E-state index in [0.29, 0.717) is 32.8 Å². The van der Waals surface area contributed by atoms with E-state index in [0.717, 1.165) is 0 Å². The Morgan fingerprint density at radius 2 is 1.73 bits per heavy atom. The van der Waals surface area contributed by atoms with E-state index in [-0.39, 0.29) is 0 Å². The van der Waals surface area contributed by atoms with E-state index < -0.39 is 6.18 Å². The molecule has 1 fully saturated rings. The molecule has 0 spiro atoms. The van der Waals surface area contributed by atoms with Crippen molar-refractivity contribution in [1.82, 2.24) is 4.90 Å². The standard InChI is InChI=1S/C6H9F3NO/c7-6(8,9)5-10-1-3-11-4-2-10/h5H,1-4H2. The molecule has 1 rings (SSSR count). The van der Waals surface area contributed by atoms with E-state index in [2.05, 4.69) is 0 Å². The number of hydrogen-bond donors (Lipinski definition) is 0. The van der Waals surface area contributed by atoms with Crippen molar-refractivity contribution in [2.75, 3.05) is 26.3 Å². The first kappa shape index (κ1) is 8.80. The Kier molecular flexibility index (Phi) is 2.72. The Balaban J connectivity index is 2.24. The lowest BCUT2D eigenvalue weighted by atomic mass is 10.4. The number of alkyl halides is 3. The summed E-state index contributed by atoms with van der Waals surface area (Å²) in [6.07, 6.45) is -4.20. The summed E-state index contributed by atoms with van der Waals surface area (Å²) in [5, 5.41) is 0. The molecule has 2 nitrogen and oxygen atoms in total. The van der Waals surface area contributed by atoms with E-state index in [9.17, 15) is 13.2 Å². The van der Waals surface area contributed by atoms with Gasteiger partial charge in [0.1, 0.15) is 6.54 Å². The van der Waals surface area contributed by atoms with E-state index >= 15 is 0 Å². The van der Waals surface area contributed by atoms with Crippen LogP contribution in [0.25, 0.3) is 0 Å². The van der Waals surface area contributed by atoms with E-state index in [4.69, 9.17) is 4.74 Å². The molecule has 0 aromatic rings. The van der Waals surface area contributed by atoms with Crippen molar-refractivity contribution >= 4 is 0 Å². The largest absolute Gasteiger partial charge is 0.405 e. The van der Waals surface area contributed by atoms with Gasteiger partial charge in [-0.15, -0.1) is 0 Å². The highest BCUT2D eigenvalue weighted by molar-refractivity contribution is 4.77. The quantitative estimate of drug-likeness (QED) is 0.580. The highest BCUT2D eigenvalue weighted by atomic mass is 19.4. The third-order valence-electron chi connectivity index (χ3n) is 1.37. The average Bonchev–Trinajstić information content (AvgIpc) is 1.85. The van der Waals surface area contributed by atoms with Crippen LogP contribution >= 0.6 is 0 Å². The summed E-state index contributed by atoms with van der Waals surface area (Å²) in [6, 6.07) is 0. The molecule has 5 heteroatoms. The molecule has 0 amide bonds. The molecule has 0 N–H and O–H groups in total. The Morgan fingerprint density at radius 3 is 2.18 bits per heavy atom. The van der Waals surface area contributed by atoms with Crippen molar-refractivity contribution in [3.63, 3.8) is 0 Å². The molecule has 0 unspecified atom stereocenters. The van der Waals surface area contributed by atoms with Crippen LogP contribution in [0.5, 0.6) is 0 Å². The van der Waals surface area contributed by atoms with Crippen LogP contribution in [0.15, 0.2) is 0 Å². The van der Waals surface area contributed by atoms with Gasteiger partial charge < -0.3 is 4.74 Å². The van der Waals surface area contributed by atoms with E-state index in [1.807, 2.05) is 0 Å². The maximum atomic E-state index is 11.7. The molecular formula is C6H9F3NO. The highest BCUT2D eigenvalue weighted by Crippen LogP contribution is 2.21. The van der Waals surface area contributed by atoms with Gasteiger partial charge in [0.05, 0.1) is 13.2 Å². The van der Waals surface area contributed by atoms with Crippen LogP contribution in [0.1, 0.15) is 0 Å². The molecule has 0 aromatic heterocycles. The number of ether oxygens (including phenoxy) is 1. The molecule has 1 aliphatic rings. The fourth-order valence-electron chi connectivity index (χ4n) is 0.914.